The van der Waals surface area contributed by atoms with Gasteiger partial charge in [0.2, 0.25) is 0 Å². The summed E-state index contributed by atoms with van der Waals surface area (Å²) in [5, 5.41) is 3.70. The van der Waals surface area contributed by atoms with Crippen molar-refractivity contribution in [3.05, 3.63) is 58.5 Å². The quantitative estimate of drug-likeness (QED) is 0.819. The molecule has 1 fully saturated rings. The molecular weight excluding hydrogens is 366 g/mol. The van der Waals surface area contributed by atoms with Crippen molar-refractivity contribution < 1.29 is 13.9 Å². The fourth-order valence-corrected chi connectivity index (χ4v) is 3.44. The third kappa shape index (κ3) is 5.48. The summed E-state index contributed by atoms with van der Waals surface area (Å²) in [7, 11) is 1.77. The lowest BCUT2D eigenvalue weighted by molar-refractivity contribution is 0.0119. The van der Waals surface area contributed by atoms with E-state index in [9.17, 15) is 4.79 Å². The highest BCUT2D eigenvalue weighted by Gasteiger charge is 2.26. The maximum Gasteiger partial charge on any atom is 0.317 e. The van der Waals surface area contributed by atoms with Gasteiger partial charge in [0.1, 0.15) is 11.5 Å². The number of rotatable bonds is 6. The van der Waals surface area contributed by atoms with E-state index >= 15 is 0 Å². The van der Waals surface area contributed by atoms with E-state index < -0.39 is 0 Å². The summed E-state index contributed by atoms with van der Waals surface area (Å²) in [6, 6.07) is 11.3. The molecule has 0 radical (unpaired) electrons. The molecule has 0 saturated carbocycles. The zero-order valence-electron chi connectivity index (χ0n) is 15.8. The number of ether oxygens (including phenoxy) is 1. The number of nitrogens with zero attached hydrogens (tertiary/aromatic N) is 2. The fourth-order valence-electron chi connectivity index (χ4n) is 3.23. The molecule has 27 heavy (non-hydrogen) atoms. The van der Waals surface area contributed by atoms with Gasteiger partial charge in [-0.15, -0.1) is 0 Å². The van der Waals surface area contributed by atoms with Crippen LogP contribution in [0.4, 0.5) is 4.79 Å². The molecule has 1 aromatic carbocycles. The topological polar surface area (TPSA) is 58.0 Å². The average molecular weight is 392 g/mol. The van der Waals surface area contributed by atoms with Gasteiger partial charge in [0.05, 0.1) is 19.3 Å². The highest BCUT2D eigenvalue weighted by atomic mass is 35.5. The summed E-state index contributed by atoms with van der Waals surface area (Å²) in [6.45, 7) is 5.92. The molecule has 2 aromatic rings. The molecular formula is C20H26ClN3O3. The third-order valence-corrected chi connectivity index (χ3v) is 4.91. The number of halogens is 1. The van der Waals surface area contributed by atoms with Crippen LogP contribution in [-0.4, -0.2) is 55.7 Å². The van der Waals surface area contributed by atoms with Gasteiger partial charge in [0.15, 0.2) is 0 Å². The number of benzene rings is 1. The first-order valence-electron chi connectivity index (χ1n) is 9.14. The Bertz CT molecular complexity index is 758. The number of nitrogens with one attached hydrogen (secondary N) is 1. The van der Waals surface area contributed by atoms with Gasteiger partial charge in [0, 0.05) is 38.2 Å². The molecule has 1 N–H and O–H groups in total. The van der Waals surface area contributed by atoms with Crippen molar-refractivity contribution in [3.63, 3.8) is 0 Å². The SMILES string of the molecule is Cc1ccc(C(CNC(=O)N(C)Cc2cccc(Cl)c2)N2CCOCC2)o1. The van der Waals surface area contributed by atoms with Crippen LogP contribution in [0.2, 0.25) is 5.02 Å². The predicted molar refractivity (Wildman–Crippen MR) is 105 cm³/mol. The van der Waals surface area contributed by atoms with Crippen molar-refractivity contribution in [2.45, 2.75) is 19.5 Å². The van der Waals surface area contributed by atoms with E-state index in [0.717, 1.165) is 30.2 Å². The molecule has 1 aromatic heterocycles. The highest BCUT2D eigenvalue weighted by Crippen LogP contribution is 2.23. The van der Waals surface area contributed by atoms with E-state index in [4.69, 9.17) is 20.8 Å². The van der Waals surface area contributed by atoms with Crippen LogP contribution in [0.25, 0.3) is 0 Å². The number of hydrogen-bond acceptors (Lipinski definition) is 4. The van der Waals surface area contributed by atoms with Gasteiger partial charge in [-0.25, -0.2) is 4.79 Å². The van der Waals surface area contributed by atoms with Crippen LogP contribution < -0.4 is 5.32 Å². The zero-order valence-corrected chi connectivity index (χ0v) is 16.5. The summed E-state index contributed by atoms with van der Waals surface area (Å²) in [5.41, 5.74) is 0.992. The Hall–Kier alpha value is -2.02. The van der Waals surface area contributed by atoms with E-state index in [-0.39, 0.29) is 12.1 Å². The number of urea groups is 1. The van der Waals surface area contributed by atoms with Crippen LogP contribution >= 0.6 is 11.6 Å². The lowest BCUT2D eigenvalue weighted by atomic mass is 10.1. The molecule has 7 heteroatoms. The summed E-state index contributed by atoms with van der Waals surface area (Å²) in [6.07, 6.45) is 0. The number of aryl methyl sites for hydroxylation is 1. The van der Waals surface area contributed by atoms with E-state index in [1.54, 1.807) is 11.9 Å². The second-order valence-electron chi connectivity index (χ2n) is 6.78. The second-order valence-corrected chi connectivity index (χ2v) is 7.22. The van der Waals surface area contributed by atoms with Crippen molar-refractivity contribution in [2.24, 2.45) is 0 Å². The van der Waals surface area contributed by atoms with Crippen molar-refractivity contribution in [2.75, 3.05) is 39.9 Å². The van der Waals surface area contributed by atoms with E-state index in [1.807, 2.05) is 43.3 Å². The molecule has 1 saturated heterocycles. The first-order valence-corrected chi connectivity index (χ1v) is 9.52. The molecule has 1 aliphatic heterocycles. The van der Waals surface area contributed by atoms with E-state index in [2.05, 4.69) is 10.2 Å². The first-order chi connectivity index (χ1) is 13.0. The minimum Gasteiger partial charge on any atom is -0.465 e. The largest absolute Gasteiger partial charge is 0.465 e. The van der Waals surface area contributed by atoms with Crippen molar-refractivity contribution in [1.82, 2.24) is 15.1 Å². The van der Waals surface area contributed by atoms with Crippen LogP contribution in [0.15, 0.2) is 40.8 Å². The maximum absolute atomic E-state index is 12.6. The van der Waals surface area contributed by atoms with Crippen molar-refractivity contribution in [3.8, 4) is 0 Å². The predicted octanol–water partition coefficient (Wildman–Crippen LogP) is 3.46. The van der Waals surface area contributed by atoms with Crippen LogP contribution in [0.1, 0.15) is 23.1 Å². The molecule has 2 amide bonds. The normalized spacial score (nSPS) is 16.1. The second kappa shape index (κ2) is 9.26. The lowest BCUT2D eigenvalue weighted by Gasteiger charge is -2.33. The van der Waals surface area contributed by atoms with Crippen LogP contribution in [0.5, 0.6) is 0 Å². The highest BCUT2D eigenvalue weighted by molar-refractivity contribution is 6.30. The Morgan fingerprint density at radius 3 is 2.74 bits per heavy atom. The van der Waals surface area contributed by atoms with Gasteiger partial charge >= 0.3 is 6.03 Å². The first kappa shape index (κ1) is 19.7. The molecule has 146 valence electrons. The number of carbonyl (C=O) groups excluding carboxylic acids is 1. The summed E-state index contributed by atoms with van der Waals surface area (Å²) in [5.74, 6) is 1.74. The molecule has 0 aliphatic carbocycles. The average Bonchev–Trinajstić information content (AvgIpc) is 3.08. The standard InChI is InChI=1S/C20H26ClN3O3/c1-15-6-7-19(27-15)18(24-8-10-26-11-9-24)13-22-20(25)23(2)14-16-4-3-5-17(21)12-16/h3-7,12,18H,8-11,13-14H2,1-2H3,(H,22,25). The molecule has 1 aliphatic rings. The zero-order chi connectivity index (χ0) is 19.2. The molecule has 2 heterocycles. The van der Waals surface area contributed by atoms with Gasteiger partial charge in [0.25, 0.3) is 0 Å². The molecule has 3 rings (SSSR count). The number of morpholine rings is 1. The lowest BCUT2D eigenvalue weighted by Crippen LogP contribution is -2.45. The Balaban J connectivity index is 1.61. The monoisotopic (exact) mass is 391 g/mol. The molecule has 6 nitrogen and oxygen atoms in total. The Kier molecular flexibility index (Phi) is 6.77. The van der Waals surface area contributed by atoms with Gasteiger partial charge in [-0.3, -0.25) is 4.90 Å². The molecule has 0 bridgehead atoms. The fraction of sp³-hybridized carbons (Fsp3) is 0.450. The summed E-state index contributed by atoms with van der Waals surface area (Å²) < 4.78 is 11.3. The molecule has 0 spiro atoms. The van der Waals surface area contributed by atoms with Crippen LogP contribution in [-0.2, 0) is 11.3 Å². The molecule has 1 unspecified atom stereocenters. The number of furan rings is 1. The molecule has 1 atom stereocenters. The third-order valence-electron chi connectivity index (χ3n) is 4.68. The minimum atomic E-state index is -0.128. The van der Waals surface area contributed by atoms with Gasteiger partial charge in [-0.2, -0.15) is 0 Å². The number of hydrogen-bond donors (Lipinski definition) is 1. The number of carbonyl (C=O) groups is 1. The summed E-state index contributed by atoms with van der Waals surface area (Å²) >= 11 is 6.02. The van der Waals surface area contributed by atoms with Crippen LogP contribution in [0, 0.1) is 6.92 Å². The van der Waals surface area contributed by atoms with Gasteiger partial charge < -0.3 is 19.4 Å². The Labute approximate surface area is 165 Å². The van der Waals surface area contributed by atoms with Crippen LogP contribution in [0.3, 0.4) is 0 Å². The van der Waals surface area contributed by atoms with E-state index in [1.165, 1.54) is 0 Å². The van der Waals surface area contributed by atoms with Crippen molar-refractivity contribution in [1.29, 1.82) is 0 Å². The van der Waals surface area contributed by atoms with Gasteiger partial charge in [-0.1, -0.05) is 23.7 Å². The number of amides is 2. The smallest absolute Gasteiger partial charge is 0.317 e. The van der Waals surface area contributed by atoms with Crippen molar-refractivity contribution >= 4 is 17.6 Å². The minimum absolute atomic E-state index is 0.00822. The maximum atomic E-state index is 12.6. The Morgan fingerprint density at radius 1 is 1.30 bits per heavy atom. The van der Waals surface area contributed by atoms with E-state index in [0.29, 0.717) is 31.3 Å². The Morgan fingerprint density at radius 2 is 2.07 bits per heavy atom. The van der Waals surface area contributed by atoms with Gasteiger partial charge in [-0.05, 0) is 36.8 Å². The summed E-state index contributed by atoms with van der Waals surface area (Å²) in [4.78, 5) is 16.5.